The Bertz CT molecular complexity index is 497. The van der Waals surface area contributed by atoms with Crippen molar-refractivity contribution in [1.82, 2.24) is 4.98 Å². The van der Waals surface area contributed by atoms with Crippen LogP contribution >= 0.6 is 0 Å². The quantitative estimate of drug-likeness (QED) is 0.870. The second kappa shape index (κ2) is 5.34. The zero-order chi connectivity index (χ0) is 12.1. The third-order valence-corrected chi connectivity index (χ3v) is 2.58. The van der Waals surface area contributed by atoms with Gasteiger partial charge in [-0.15, -0.1) is 0 Å². The van der Waals surface area contributed by atoms with Gasteiger partial charge in [-0.25, -0.2) is 0 Å². The van der Waals surface area contributed by atoms with E-state index in [1.54, 1.807) is 12.4 Å². The number of benzene rings is 1. The SMILES string of the molecule is CCc1ccccc1Oc1cncc(NC)c1. The van der Waals surface area contributed by atoms with Gasteiger partial charge in [-0.1, -0.05) is 25.1 Å². The van der Waals surface area contributed by atoms with Crippen LogP contribution in [0.5, 0.6) is 11.5 Å². The van der Waals surface area contributed by atoms with Gasteiger partial charge in [0.05, 0.1) is 18.1 Å². The van der Waals surface area contributed by atoms with Crippen molar-refractivity contribution >= 4 is 5.69 Å². The third kappa shape index (κ3) is 2.75. The molecule has 0 fully saturated rings. The molecule has 0 spiro atoms. The van der Waals surface area contributed by atoms with E-state index in [1.807, 2.05) is 31.3 Å². The van der Waals surface area contributed by atoms with E-state index in [2.05, 4.69) is 23.3 Å². The van der Waals surface area contributed by atoms with Gasteiger partial charge in [0.15, 0.2) is 0 Å². The Balaban J connectivity index is 2.24. The Kier molecular flexibility index (Phi) is 3.60. The van der Waals surface area contributed by atoms with Crippen molar-refractivity contribution in [3.63, 3.8) is 0 Å². The predicted molar refractivity (Wildman–Crippen MR) is 69.7 cm³/mol. The molecule has 2 rings (SSSR count). The van der Waals surface area contributed by atoms with Gasteiger partial charge in [-0.2, -0.15) is 0 Å². The van der Waals surface area contributed by atoms with Gasteiger partial charge in [-0.05, 0) is 18.1 Å². The number of aromatic nitrogens is 1. The van der Waals surface area contributed by atoms with Crippen molar-refractivity contribution in [1.29, 1.82) is 0 Å². The van der Waals surface area contributed by atoms with Crippen LogP contribution in [0.3, 0.4) is 0 Å². The topological polar surface area (TPSA) is 34.1 Å². The molecule has 0 atom stereocenters. The Morgan fingerprint density at radius 3 is 2.82 bits per heavy atom. The van der Waals surface area contributed by atoms with Gasteiger partial charge in [0.1, 0.15) is 11.5 Å². The highest BCUT2D eigenvalue weighted by Gasteiger charge is 2.03. The summed E-state index contributed by atoms with van der Waals surface area (Å²) in [6.07, 6.45) is 4.43. The first-order valence-electron chi connectivity index (χ1n) is 5.72. The third-order valence-electron chi connectivity index (χ3n) is 2.58. The molecular formula is C14H16N2O. The molecule has 0 aliphatic carbocycles. The van der Waals surface area contributed by atoms with Gasteiger partial charge in [-0.3, -0.25) is 4.98 Å². The molecule has 1 heterocycles. The van der Waals surface area contributed by atoms with Crippen molar-refractivity contribution in [3.05, 3.63) is 48.3 Å². The fourth-order valence-electron chi connectivity index (χ4n) is 1.63. The van der Waals surface area contributed by atoms with Crippen LogP contribution in [0.2, 0.25) is 0 Å². The van der Waals surface area contributed by atoms with Gasteiger partial charge in [0.25, 0.3) is 0 Å². The monoisotopic (exact) mass is 228 g/mol. The number of nitrogens with one attached hydrogen (secondary N) is 1. The van der Waals surface area contributed by atoms with Crippen LogP contribution < -0.4 is 10.1 Å². The summed E-state index contributed by atoms with van der Waals surface area (Å²) in [6.45, 7) is 2.12. The highest BCUT2D eigenvalue weighted by molar-refractivity contribution is 5.46. The lowest BCUT2D eigenvalue weighted by atomic mass is 10.1. The molecule has 1 N–H and O–H groups in total. The summed E-state index contributed by atoms with van der Waals surface area (Å²) in [6, 6.07) is 9.98. The van der Waals surface area contributed by atoms with Crippen LogP contribution in [0, 0.1) is 0 Å². The molecule has 0 bridgehead atoms. The first kappa shape index (κ1) is 11.5. The zero-order valence-electron chi connectivity index (χ0n) is 10.1. The molecule has 0 saturated carbocycles. The molecule has 1 aromatic heterocycles. The average molecular weight is 228 g/mol. The van der Waals surface area contributed by atoms with E-state index in [1.165, 1.54) is 5.56 Å². The normalized spacial score (nSPS) is 10.0. The summed E-state index contributed by atoms with van der Waals surface area (Å²) in [5, 5.41) is 3.04. The summed E-state index contributed by atoms with van der Waals surface area (Å²) in [5.74, 6) is 1.64. The number of hydrogen-bond donors (Lipinski definition) is 1. The van der Waals surface area contributed by atoms with E-state index in [-0.39, 0.29) is 0 Å². The molecule has 17 heavy (non-hydrogen) atoms. The number of anilines is 1. The maximum atomic E-state index is 5.84. The second-order valence-corrected chi connectivity index (χ2v) is 3.72. The molecular weight excluding hydrogens is 212 g/mol. The van der Waals surface area contributed by atoms with Crippen molar-refractivity contribution in [2.24, 2.45) is 0 Å². The number of ether oxygens (including phenoxy) is 1. The highest BCUT2D eigenvalue weighted by atomic mass is 16.5. The summed E-state index contributed by atoms with van der Waals surface area (Å²) < 4.78 is 5.84. The van der Waals surface area contributed by atoms with E-state index in [4.69, 9.17) is 4.74 Å². The summed E-state index contributed by atoms with van der Waals surface area (Å²) in [7, 11) is 1.86. The van der Waals surface area contributed by atoms with E-state index < -0.39 is 0 Å². The average Bonchev–Trinajstić information content (AvgIpc) is 2.39. The lowest BCUT2D eigenvalue weighted by Crippen LogP contribution is -1.93. The lowest BCUT2D eigenvalue weighted by molar-refractivity contribution is 0.475. The minimum atomic E-state index is 0.748. The first-order valence-corrected chi connectivity index (χ1v) is 5.72. The molecule has 2 aromatic rings. The second-order valence-electron chi connectivity index (χ2n) is 3.72. The van der Waals surface area contributed by atoms with E-state index in [0.717, 1.165) is 23.6 Å². The van der Waals surface area contributed by atoms with Gasteiger partial charge in [0.2, 0.25) is 0 Å². The number of nitrogens with zero attached hydrogens (tertiary/aromatic N) is 1. The molecule has 0 aliphatic heterocycles. The molecule has 0 unspecified atom stereocenters. The zero-order valence-corrected chi connectivity index (χ0v) is 10.1. The molecule has 1 aromatic carbocycles. The van der Waals surface area contributed by atoms with Crippen LogP contribution in [-0.4, -0.2) is 12.0 Å². The first-order chi connectivity index (χ1) is 8.33. The molecule has 88 valence electrons. The number of para-hydroxylation sites is 1. The van der Waals surface area contributed by atoms with Gasteiger partial charge >= 0.3 is 0 Å². The van der Waals surface area contributed by atoms with E-state index in [0.29, 0.717) is 0 Å². The largest absolute Gasteiger partial charge is 0.455 e. The maximum absolute atomic E-state index is 5.84. The predicted octanol–water partition coefficient (Wildman–Crippen LogP) is 3.48. The Morgan fingerprint density at radius 2 is 2.06 bits per heavy atom. The van der Waals surface area contributed by atoms with Crippen molar-refractivity contribution in [2.75, 3.05) is 12.4 Å². The Hall–Kier alpha value is -2.03. The fourth-order valence-corrected chi connectivity index (χ4v) is 1.63. The van der Waals surface area contributed by atoms with Crippen LogP contribution in [0.4, 0.5) is 5.69 Å². The van der Waals surface area contributed by atoms with E-state index in [9.17, 15) is 0 Å². The number of rotatable bonds is 4. The van der Waals surface area contributed by atoms with Crippen LogP contribution in [-0.2, 0) is 6.42 Å². The van der Waals surface area contributed by atoms with Crippen LogP contribution in [0.15, 0.2) is 42.7 Å². The Morgan fingerprint density at radius 1 is 1.24 bits per heavy atom. The minimum Gasteiger partial charge on any atom is -0.455 e. The lowest BCUT2D eigenvalue weighted by Gasteiger charge is -2.10. The number of aryl methyl sites for hydroxylation is 1. The van der Waals surface area contributed by atoms with Crippen molar-refractivity contribution in [2.45, 2.75) is 13.3 Å². The van der Waals surface area contributed by atoms with Crippen molar-refractivity contribution < 1.29 is 4.74 Å². The van der Waals surface area contributed by atoms with Crippen LogP contribution in [0.1, 0.15) is 12.5 Å². The van der Waals surface area contributed by atoms with Gasteiger partial charge in [0, 0.05) is 13.1 Å². The Labute approximate surface area is 101 Å². The molecule has 0 radical (unpaired) electrons. The molecule has 0 aliphatic rings. The van der Waals surface area contributed by atoms with Gasteiger partial charge < -0.3 is 10.1 Å². The highest BCUT2D eigenvalue weighted by Crippen LogP contribution is 2.26. The van der Waals surface area contributed by atoms with E-state index >= 15 is 0 Å². The maximum Gasteiger partial charge on any atom is 0.147 e. The van der Waals surface area contributed by atoms with Crippen LogP contribution in [0.25, 0.3) is 0 Å². The number of hydrogen-bond acceptors (Lipinski definition) is 3. The molecule has 3 heteroatoms. The van der Waals surface area contributed by atoms with Crippen molar-refractivity contribution in [3.8, 4) is 11.5 Å². The smallest absolute Gasteiger partial charge is 0.147 e. The fraction of sp³-hybridized carbons (Fsp3) is 0.214. The minimum absolute atomic E-state index is 0.748. The number of pyridine rings is 1. The summed E-state index contributed by atoms with van der Waals surface area (Å²) >= 11 is 0. The molecule has 0 saturated heterocycles. The summed E-state index contributed by atoms with van der Waals surface area (Å²) in [4.78, 5) is 4.12. The molecule has 3 nitrogen and oxygen atoms in total. The standard InChI is InChI=1S/C14H16N2O/c1-3-11-6-4-5-7-14(11)17-13-8-12(15-2)9-16-10-13/h4-10,15H,3H2,1-2H3. The summed E-state index contributed by atoms with van der Waals surface area (Å²) in [5.41, 5.74) is 2.14. The molecule has 0 amide bonds.